The minimum atomic E-state index is -5.36. The summed E-state index contributed by atoms with van der Waals surface area (Å²) in [6.45, 7) is 14.9. The average Bonchev–Trinajstić information content (AvgIpc) is 1.55. The predicted octanol–water partition coefficient (Wildman–Crippen LogP) is 23.0. The SMILES string of the molecule is [C-]#[N+]c1cc(-n2c3cc(-c4ccc(C(F)(F)F)cc4C)ccc3c3ccc(-c4ccc(C)cc4C(F)(F)F)cc32)c(-n2c3cc(-c4ccc(C)cc4C(F)(F)F)ccc3c3ccc(-c4ccc(C(F)(F)F)cc4C(F)(F)F)cc32)cc1-c1cc(C)cc(C#N)c1. The van der Waals surface area contributed by atoms with Crippen LogP contribution < -0.4 is 0 Å². The van der Waals surface area contributed by atoms with E-state index in [1.165, 1.54) is 122 Å². The maximum Gasteiger partial charge on any atom is 0.417 e. The molecule has 0 radical (unpaired) electrons. The first-order valence-electron chi connectivity index (χ1n) is 27.4. The van der Waals surface area contributed by atoms with E-state index in [9.17, 15) is 31.6 Å². The molecule has 4 nitrogen and oxygen atoms in total. The van der Waals surface area contributed by atoms with Gasteiger partial charge >= 0.3 is 30.9 Å². The summed E-state index contributed by atoms with van der Waals surface area (Å²) in [6.07, 6.45) is -25.1. The molecular formula is C71H41F15N4. The highest BCUT2D eigenvalue weighted by molar-refractivity contribution is 6.14. The van der Waals surface area contributed by atoms with Crippen molar-refractivity contribution in [1.82, 2.24) is 9.13 Å². The quantitative estimate of drug-likeness (QED) is 0.116. The molecule has 0 aliphatic carbocycles. The second kappa shape index (κ2) is 21.2. The third-order valence-corrected chi connectivity index (χ3v) is 16.2. The van der Waals surface area contributed by atoms with E-state index in [0.717, 1.165) is 24.3 Å². The van der Waals surface area contributed by atoms with Crippen LogP contribution in [-0.4, -0.2) is 9.13 Å². The Morgan fingerprint density at radius 3 is 1.11 bits per heavy atom. The number of alkyl halides is 15. The minimum Gasteiger partial charge on any atom is -0.308 e. The number of benzene rings is 10. The number of hydrogen-bond acceptors (Lipinski definition) is 1. The zero-order valence-electron chi connectivity index (χ0n) is 47.2. The summed E-state index contributed by atoms with van der Waals surface area (Å²) < 4.78 is 224. The Morgan fingerprint density at radius 2 is 0.722 bits per heavy atom. The van der Waals surface area contributed by atoms with Crippen LogP contribution in [0.25, 0.3) is 115 Å². The summed E-state index contributed by atoms with van der Waals surface area (Å²) in [5.74, 6) is 0. The fourth-order valence-corrected chi connectivity index (χ4v) is 12.1. The van der Waals surface area contributed by atoms with Crippen molar-refractivity contribution in [2.45, 2.75) is 58.6 Å². The molecule has 0 saturated carbocycles. The topological polar surface area (TPSA) is 38.0 Å². The average molecular weight is 1240 g/mol. The fraction of sp³-hybridized carbons (Fsp3) is 0.127. The minimum absolute atomic E-state index is 0.00488. The van der Waals surface area contributed by atoms with E-state index in [-0.39, 0.29) is 106 Å². The molecule has 0 saturated heterocycles. The molecule has 0 aliphatic rings. The number of aromatic nitrogens is 2. The van der Waals surface area contributed by atoms with Crippen LogP contribution in [0.3, 0.4) is 0 Å². The van der Waals surface area contributed by atoms with Gasteiger partial charge in [0.1, 0.15) is 0 Å². The second-order valence-corrected chi connectivity index (χ2v) is 22.1. The molecule has 12 aromatic rings. The maximum atomic E-state index is 15.2. The van der Waals surface area contributed by atoms with Crippen LogP contribution in [0.2, 0.25) is 0 Å². The van der Waals surface area contributed by atoms with Gasteiger partial charge in [0.2, 0.25) is 0 Å². The van der Waals surface area contributed by atoms with Crippen molar-refractivity contribution in [3.8, 4) is 73.1 Å². The van der Waals surface area contributed by atoms with Gasteiger partial charge in [-0.1, -0.05) is 102 Å². The van der Waals surface area contributed by atoms with Crippen molar-refractivity contribution in [2.24, 2.45) is 0 Å². The third-order valence-electron chi connectivity index (χ3n) is 16.2. The summed E-state index contributed by atoms with van der Waals surface area (Å²) in [4.78, 5) is 3.97. The van der Waals surface area contributed by atoms with Crippen molar-refractivity contribution in [3.05, 3.63) is 243 Å². The lowest BCUT2D eigenvalue weighted by Gasteiger charge is -2.21. The van der Waals surface area contributed by atoms with E-state index in [0.29, 0.717) is 50.7 Å². The van der Waals surface area contributed by atoms with Crippen molar-refractivity contribution < 1.29 is 65.9 Å². The van der Waals surface area contributed by atoms with Gasteiger partial charge in [-0.3, -0.25) is 0 Å². The van der Waals surface area contributed by atoms with Crippen LogP contribution in [0.1, 0.15) is 55.6 Å². The maximum absolute atomic E-state index is 15.2. The van der Waals surface area contributed by atoms with Crippen LogP contribution in [0, 0.1) is 45.6 Å². The van der Waals surface area contributed by atoms with Crippen LogP contribution in [0.5, 0.6) is 0 Å². The zero-order chi connectivity index (χ0) is 64.5. The Hall–Kier alpha value is -10.3. The van der Waals surface area contributed by atoms with E-state index in [4.69, 9.17) is 6.57 Å². The molecular weight excluding hydrogens is 1190 g/mol. The Kier molecular flexibility index (Phi) is 14.2. The zero-order valence-corrected chi connectivity index (χ0v) is 47.2. The van der Waals surface area contributed by atoms with E-state index in [1.54, 1.807) is 47.9 Å². The van der Waals surface area contributed by atoms with Gasteiger partial charge in [-0.15, -0.1) is 0 Å². The van der Waals surface area contributed by atoms with Crippen LogP contribution in [0.15, 0.2) is 176 Å². The van der Waals surface area contributed by atoms with Crippen molar-refractivity contribution >= 4 is 49.3 Å². The molecule has 0 fully saturated rings. The number of aryl methyl sites for hydroxylation is 4. The van der Waals surface area contributed by atoms with Gasteiger partial charge in [-0.05, 0) is 179 Å². The normalized spacial score (nSPS) is 12.6. The summed E-state index contributed by atoms with van der Waals surface area (Å²) in [7, 11) is 0. The first-order chi connectivity index (χ1) is 42.3. The predicted molar refractivity (Wildman–Crippen MR) is 317 cm³/mol. The van der Waals surface area contributed by atoms with Gasteiger partial charge in [0.15, 0.2) is 5.69 Å². The molecule has 0 bridgehead atoms. The highest BCUT2D eigenvalue weighted by Crippen LogP contribution is 2.49. The lowest BCUT2D eigenvalue weighted by Crippen LogP contribution is -2.12. The molecule has 0 unspecified atom stereocenters. The molecule has 19 heteroatoms. The molecule has 2 heterocycles. The van der Waals surface area contributed by atoms with Crippen molar-refractivity contribution in [1.29, 1.82) is 5.26 Å². The number of halogens is 15. The van der Waals surface area contributed by atoms with Crippen molar-refractivity contribution in [2.75, 3.05) is 0 Å². The van der Waals surface area contributed by atoms with Gasteiger partial charge in [-0.25, -0.2) is 4.85 Å². The van der Waals surface area contributed by atoms with Gasteiger partial charge < -0.3 is 9.13 Å². The number of fused-ring (bicyclic) bond motifs is 6. The van der Waals surface area contributed by atoms with E-state index >= 15 is 39.5 Å². The molecule has 450 valence electrons. The molecule has 0 spiro atoms. The van der Waals surface area contributed by atoms with Gasteiger partial charge in [0, 0.05) is 21.5 Å². The third kappa shape index (κ3) is 10.6. The summed E-state index contributed by atoms with van der Waals surface area (Å²) in [6, 6.07) is 39.3. The molecule has 0 aliphatic heterocycles. The number of nitriles is 1. The van der Waals surface area contributed by atoms with E-state index in [1.807, 2.05) is 0 Å². The summed E-state index contributed by atoms with van der Waals surface area (Å²) in [5.41, 5.74) is -4.53. The molecule has 0 amide bonds. The Labute approximate surface area is 502 Å². The summed E-state index contributed by atoms with van der Waals surface area (Å²) in [5, 5.41) is 11.6. The number of nitrogens with zero attached hydrogens (tertiary/aromatic N) is 4. The molecule has 10 aromatic carbocycles. The van der Waals surface area contributed by atoms with Gasteiger partial charge in [0.05, 0.1) is 79.5 Å². The number of hydrogen-bond donors (Lipinski definition) is 0. The van der Waals surface area contributed by atoms with E-state index < -0.39 is 64.3 Å². The largest absolute Gasteiger partial charge is 0.417 e. The van der Waals surface area contributed by atoms with Gasteiger partial charge in [0.25, 0.3) is 0 Å². The molecule has 0 N–H and O–H groups in total. The standard InChI is InChI=1S/C71H41F15N4/c1-36-6-14-49(57(24-36)69(78,79)80)42-9-17-53-54-19-11-44(51-21-13-47(68(75,76)77)32-59(51)71(84,85)86)31-63(54)89(62(53)29-42)65-33-56(45-23-38(3)22-40(27-45)35-87)60(88-5)34-66(65)90-61-28-41(48-20-12-46(26-39(48)4)67(72,73)74)8-16-52(61)55-18-10-43(30-64(55)90)50-15-7-37(2)25-58(50)70(81,82)83/h6-34H,1-4H3. The molecule has 90 heavy (non-hydrogen) atoms. The number of rotatable bonds is 7. The highest BCUT2D eigenvalue weighted by atomic mass is 19.4. The smallest absolute Gasteiger partial charge is 0.308 e. The highest BCUT2D eigenvalue weighted by Gasteiger charge is 2.40. The fourth-order valence-electron chi connectivity index (χ4n) is 12.1. The van der Waals surface area contributed by atoms with E-state index in [2.05, 4.69) is 10.9 Å². The molecule has 2 aromatic heterocycles. The Bertz CT molecular complexity index is 5070. The molecule has 0 atom stereocenters. The van der Waals surface area contributed by atoms with Crippen LogP contribution in [0.4, 0.5) is 71.5 Å². The van der Waals surface area contributed by atoms with Gasteiger partial charge in [-0.2, -0.15) is 71.1 Å². The monoisotopic (exact) mass is 1230 g/mol. The lowest BCUT2D eigenvalue weighted by molar-refractivity contribution is -0.143. The lowest BCUT2D eigenvalue weighted by atomic mass is 9.95. The Morgan fingerprint density at radius 1 is 0.344 bits per heavy atom. The first kappa shape index (κ1) is 60.0. The second-order valence-electron chi connectivity index (χ2n) is 22.1. The molecule has 12 rings (SSSR count). The summed E-state index contributed by atoms with van der Waals surface area (Å²) >= 11 is 0. The first-order valence-corrected chi connectivity index (χ1v) is 27.4. The van der Waals surface area contributed by atoms with Crippen molar-refractivity contribution in [3.63, 3.8) is 0 Å². The van der Waals surface area contributed by atoms with Crippen LogP contribution >= 0.6 is 0 Å². The van der Waals surface area contributed by atoms with Crippen LogP contribution in [-0.2, 0) is 30.9 Å². The Balaban J connectivity index is 1.28.